The topological polar surface area (TPSA) is 71.2 Å². The van der Waals surface area contributed by atoms with Crippen LogP contribution >= 0.6 is 0 Å². The average molecular weight is 346 g/mol. The second kappa shape index (κ2) is 6.92. The first kappa shape index (κ1) is 17.5. The van der Waals surface area contributed by atoms with E-state index in [-0.39, 0.29) is 24.2 Å². The van der Waals surface area contributed by atoms with Crippen molar-refractivity contribution < 1.29 is 14.3 Å². The summed E-state index contributed by atoms with van der Waals surface area (Å²) < 4.78 is 15.5. The number of aromatic nitrogens is 3. The van der Waals surface area contributed by atoms with Crippen LogP contribution in [0.3, 0.4) is 0 Å². The lowest BCUT2D eigenvalue weighted by atomic mass is 10.0. The van der Waals surface area contributed by atoms with E-state index in [2.05, 4.69) is 10.3 Å². The van der Waals surface area contributed by atoms with Crippen molar-refractivity contribution in [3.8, 4) is 0 Å². The van der Waals surface area contributed by atoms with Gasteiger partial charge in [-0.3, -0.25) is 4.79 Å². The second-order valence-electron chi connectivity index (χ2n) is 7.02. The lowest BCUT2D eigenvalue weighted by Gasteiger charge is -2.32. The molecule has 3 rings (SSSR count). The molecule has 0 aliphatic carbocycles. The Bertz CT molecular complexity index is 746. The Balaban J connectivity index is 1.57. The third kappa shape index (κ3) is 4.04. The van der Waals surface area contributed by atoms with Crippen LogP contribution in [0.1, 0.15) is 44.0 Å². The molecule has 1 amide bonds. The Morgan fingerprint density at radius 3 is 2.60 bits per heavy atom. The molecule has 1 aliphatic heterocycles. The lowest BCUT2D eigenvalue weighted by molar-refractivity contribution is -0.131. The summed E-state index contributed by atoms with van der Waals surface area (Å²) in [5.74, 6) is -0.396. The van der Waals surface area contributed by atoms with Crippen LogP contribution in [0, 0.1) is 5.82 Å². The number of rotatable bonds is 4. The zero-order valence-corrected chi connectivity index (χ0v) is 14.5. The summed E-state index contributed by atoms with van der Waals surface area (Å²) in [6.07, 6.45) is 3.38. The molecule has 6 nitrogen and oxygen atoms in total. The van der Waals surface area contributed by atoms with Crippen molar-refractivity contribution in [2.75, 3.05) is 13.1 Å². The number of halogens is 1. The van der Waals surface area contributed by atoms with Gasteiger partial charge in [0.05, 0.1) is 18.7 Å². The van der Waals surface area contributed by atoms with Gasteiger partial charge in [-0.2, -0.15) is 0 Å². The van der Waals surface area contributed by atoms with Crippen LogP contribution < -0.4 is 0 Å². The highest BCUT2D eigenvalue weighted by molar-refractivity contribution is 5.78. The molecule has 134 valence electrons. The summed E-state index contributed by atoms with van der Waals surface area (Å²) in [4.78, 5) is 14.2. The summed E-state index contributed by atoms with van der Waals surface area (Å²) in [6, 6.07) is 6.53. The Morgan fingerprint density at radius 2 is 2.00 bits per heavy atom. The maximum absolute atomic E-state index is 13.7. The summed E-state index contributed by atoms with van der Waals surface area (Å²) in [5.41, 5.74) is -0.0550. The van der Waals surface area contributed by atoms with Crippen molar-refractivity contribution in [3.63, 3.8) is 0 Å². The van der Waals surface area contributed by atoms with Crippen LogP contribution in [-0.4, -0.2) is 44.0 Å². The van der Waals surface area contributed by atoms with Crippen molar-refractivity contribution in [2.24, 2.45) is 0 Å². The molecule has 0 saturated carbocycles. The van der Waals surface area contributed by atoms with E-state index in [0.29, 0.717) is 24.3 Å². The lowest BCUT2D eigenvalue weighted by Crippen LogP contribution is -2.40. The number of piperidine rings is 1. The van der Waals surface area contributed by atoms with E-state index < -0.39 is 5.60 Å². The van der Waals surface area contributed by atoms with Crippen LogP contribution in [0.5, 0.6) is 0 Å². The van der Waals surface area contributed by atoms with Gasteiger partial charge in [0.2, 0.25) is 5.91 Å². The van der Waals surface area contributed by atoms with Crippen LogP contribution in [0.4, 0.5) is 4.39 Å². The Labute approximate surface area is 146 Å². The van der Waals surface area contributed by atoms with Crippen LogP contribution in [0.25, 0.3) is 0 Å². The van der Waals surface area contributed by atoms with Gasteiger partial charge in [0.25, 0.3) is 0 Å². The molecule has 25 heavy (non-hydrogen) atoms. The smallest absolute Gasteiger partial charge is 0.227 e. The van der Waals surface area contributed by atoms with Crippen molar-refractivity contribution in [3.05, 3.63) is 47.5 Å². The number of amides is 1. The van der Waals surface area contributed by atoms with Crippen LogP contribution in [0.15, 0.2) is 30.5 Å². The van der Waals surface area contributed by atoms with E-state index in [1.165, 1.54) is 6.07 Å². The van der Waals surface area contributed by atoms with Gasteiger partial charge in [-0.25, -0.2) is 9.07 Å². The van der Waals surface area contributed by atoms with Gasteiger partial charge in [0, 0.05) is 13.1 Å². The molecular weight excluding hydrogens is 323 g/mol. The number of hydrogen-bond donors (Lipinski definition) is 1. The number of nitrogens with zero attached hydrogens (tertiary/aromatic N) is 4. The minimum atomic E-state index is -1.02. The molecule has 0 radical (unpaired) electrons. The number of carbonyl (C=O) groups is 1. The maximum Gasteiger partial charge on any atom is 0.227 e. The maximum atomic E-state index is 13.7. The fourth-order valence-electron chi connectivity index (χ4n) is 3.03. The van der Waals surface area contributed by atoms with Gasteiger partial charge >= 0.3 is 0 Å². The van der Waals surface area contributed by atoms with E-state index in [1.807, 2.05) is 0 Å². The largest absolute Gasteiger partial charge is 0.384 e. The SMILES string of the molecule is CC(C)(O)c1cn(C2CCN(C(=O)Cc3ccccc3F)CC2)nn1. The molecule has 1 saturated heterocycles. The van der Waals surface area contributed by atoms with Crippen molar-refractivity contribution >= 4 is 5.91 Å². The first-order chi connectivity index (χ1) is 11.8. The minimum absolute atomic E-state index is 0.0562. The molecule has 1 fully saturated rings. The zero-order valence-electron chi connectivity index (χ0n) is 14.5. The summed E-state index contributed by atoms with van der Waals surface area (Å²) in [7, 11) is 0. The van der Waals surface area contributed by atoms with Gasteiger partial charge in [0.1, 0.15) is 17.1 Å². The third-order valence-electron chi connectivity index (χ3n) is 4.63. The highest BCUT2D eigenvalue weighted by atomic mass is 19.1. The van der Waals surface area contributed by atoms with Gasteiger partial charge in [-0.15, -0.1) is 5.10 Å². The normalized spacial score (nSPS) is 16.2. The Hall–Kier alpha value is -2.28. The van der Waals surface area contributed by atoms with Gasteiger partial charge < -0.3 is 10.0 Å². The number of aliphatic hydroxyl groups is 1. The van der Waals surface area contributed by atoms with Crippen molar-refractivity contribution in [2.45, 2.75) is 44.8 Å². The first-order valence-corrected chi connectivity index (χ1v) is 8.50. The number of benzene rings is 1. The molecule has 2 heterocycles. The highest BCUT2D eigenvalue weighted by Gasteiger charge is 2.27. The van der Waals surface area contributed by atoms with E-state index in [4.69, 9.17) is 0 Å². The zero-order chi connectivity index (χ0) is 18.0. The van der Waals surface area contributed by atoms with Crippen molar-refractivity contribution in [1.82, 2.24) is 19.9 Å². The fourth-order valence-corrected chi connectivity index (χ4v) is 3.03. The quantitative estimate of drug-likeness (QED) is 0.920. The molecular formula is C18H23FN4O2. The molecule has 1 N–H and O–H groups in total. The minimum Gasteiger partial charge on any atom is -0.384 e. The predicted octanol–water partition coefficient (Wildman–Crippen LogP) is 2.05. The van der Waals surface area contributed by atoms with E-state index >= 15 is 0 Å². The molecule has 0 atom stereocenters. The molecule has 0 unspecified atom stereocenters. The summed E-state index contributed by atoms with van der Waals surface area (Å²) >= 11 is 0. The van der Waals surface area contributed by atoms with Crippen LogP contribution in [0.2, 0.25) is 0 Å². The summed E-state index contributed by atoms with van der Waals surface area (Å²) in [5, 5.41) is 18.1. The Morgan fingerprint density at radius 1 is 1.32 bits per heavy atom. The summed E-state index contributed by atoms with van der Waals surface area (Å²) in [6.45, 7) is 4.56. The number of likely N-dealkylation sites (tertiary alicyclic amines) is 1. The molecule has 1 aromatic carbocycles. The van der Waals surface area contributed by atoms with Crippen molar-refractivity contribution in [1.29, 1.82) is 0 Å². The predicted molar refractivity (Wildman–Crippen MR) is 90.2 cm³/mol. The van der Waals surface area contributed by atoms with Gasteiger partial charge in [-0.1, -0.05) is 23.4 Å². The standard InChI is InChI=1S/C18H23FN4O2/c1-18(2,25)16-12-23(21-20-16)14-7-9-22(10-8-14)17(24)11-13-5-3-4-6-15(13)19/h3-6,12,14,25H,7-11H2,1-2H3. The monoisotopic (exact) mass is 346 g/mol. The fraction of sp³-hybridized carbons (Fsp3) is 0.500. The number of carbonyl (C=O) groups excluding carboxylic acids is 1. The van der Waals surface area contributed by atoms with Gasteiger partial charge in [-0.05, 0) is 38.3 Å². The van der Waals surface area contributed by atoms with E-state index in [9.17, 15) is 14.3 Å². The first-order valence-electron chi connectivity index (χ1n) is 8.50. The van der Waals surface area contributed by atoms with E-state index in [1.54, 1.807) is 47.8 Å². The number of hydrogen-bond acceptors (Lipinski definition) is 4. The highest BCUT2D eigenvalue weighted by Crippen LogP contribution is 2.24. The molecule has 7 heteroatoms. The molecule has 0 bridgehead atoms. The van der Waals surface area contributed by atoms with Crippen LogP contribution in [-0.2, 0) is 16.8 Å². The molecule has 2 aromatic rings. The molecule has 1 aromatic heterocycles. The average Bonchev–Trinajstić information content (AvgIpc) is 3.07. The Kier molecular flexibility index (Phi) is 4.85. The van der Waals surface area contributed by atoms with Gasteiger partial charge in [0.15, 0.2) is 0 Å². The molecule has 1 aliphatic rings. The molecule has 0 spiro atoms. The third-order valence-corrected chi connectivity index (χ3v) is 4.63. The second-order valence-corrected chi connectivity index (χ2v) is 7.02. The van der Waals surface area contributed by atoms with E-state index in [0.717, 1.165) is 12.8 Å².